The number of methoxy groups -OCH3 is 3. The number of carbonyl (C=O) groups is 1. The lowest BCUT2D eigenvalue weighted by Crippen LogP contribution is -2.50. The number of nitrogens with zero attached hydrogens (tertiary/aromatic N) is 1. The number of amides is 1. The summed E-state index contributed by atoms with van der Waals surface area (Å²) in [6, 6.07) is 22.5. The number of rotatable bonds is 5. The van der Waals surface area contributed by atoms with Gasteiger partial charge in [0.25, 0.3) is 5.91 Å². The third-order valence-electron chi connectivity index (χ3n) is 7.05. The second-order valence-electron chi connectivity index (χ2n) is 8.68. The first kappa shape index (κ1) is 21.5. The van der Waals surface area contributed by atoms with Crippen LogP contribution in [-0.4, -0.2) is 38.2 Å². The second kappa shape index (κ2) is 8.91. The molecule has 1 aliphatic heterocycles. The van der Waals surface area contributed by atoms with Crippen LogP contribution in [0.3, 0.4) is 0 Å². The van der Waals surface area contributed by atoms with Gasteiger partial charge in [-0.15, -0.1) is 0 Å². The Bertz CT molecular complexity index is 1160. The van der Waals surface area contributed by atoms with Crippen molar-refractivity contribution in [3.05, 3.63) is 94.5 Å². The summed E-state index contributed by atoms with van der Waals surface area (Å²) in [7, 11) is 4.94. The minimum absolute atomic E-state index is 0.0112. The third-order valence-corrected chi connectivity index (χ3v) is 7.05. The number of hydrogen-bond donors (Lipinski definition) is 0. The Morgan fingerprint density at radius 3 is 2.30 bits per heavy atom. The van der Waals surface area contributed by atoms with E-state index in [1.807, 2.05) is 41.3 Å². The van der Waals surface area contributed by atoms with Gasteiger partial charge in [0.1, 0.15) is 0 Å². The SMILES string of the molecule is COc1cc2c(cc1OC)C1c3ccccc3CN(C(=O)[C@H](OC)c3ccccc3)C1CC2. The van der Waals surface area contributed by atoms with Crippen molar-refractivity contribution < 1.29 is 19.0 Å². The molecule has 3 aromatic rings. The molecule has 0 bridgehead atoms. The molecule has 5 heteroatoms. The molecule has 5 rings (SSSR count). The van der Waals surface area contributed by atoms with Crippen molar-refractivity contribution in [2.75, 3.05) is 21.3 Å². The lowest BCUT2D eigenvalue weighted by atomic mass is 9.71. The smallest absolute Gasteiger partial charge is 0.256 e. The van der Waals surface area contributed by atoms with E-state index >= 15 is 0 Å². The van der Waals surface area contributed by atoms with Gasteiger partial charge in [0.05, 0.1) is 14.2 Å². The highest BCUT2D eigenvalue weighted by molar-refractivity contribution is 5.83. The monoisotopic (exact) mass is 443 g/mol. The predicted octanol–water partition coefficient (Wildman–Crippen LogP) is 4.88. The minimum atomic E-state index is -0.621. The van der Waals surface area contributed by atoms with Crippen LogP contribution in [0.1, 0.15) is 46.3 Å². The molecule has 0 saturated carbocycles. The summed E-state index contributed by atoms with van der Waals surface area (Å²) >= 11 is 0. The zero-order valence-electron chi connectivity index (χ0n) is 19.3. The van der Waals surface area contributed by atoms with Crippen molar-refractivity contribution in [1.82, 2.24) is 4.90 Å². The average molecular weight is 444 g/mol. The number of carbonyl (C=O) groups excluding carboxylic acids is 1. The van der Waals surface area contributed by atoms with E-state index < -0.39 is 6.10 Å². The lowest BCUT2D eigenvalue weighted by Gasteiger charge is -2.46. The maximum atomic E-state index is 13.9. The van der Waals surface area contributed by atoms with Crippen molar-refractivity contribution in [2.45, 2.75) is 37.5 Å². The molecule has 0 saturated heterocycles. The van der Waals surface area contributed by atoms with Crippen molar-refractivity contribution >= 4 is 5.91 Å². The van der Waals surface area contributed by atoms with Crippen molar-refractivity contribution in [3.8, 4) is 11.5 Å². The number of aryl methyl sites for hydroxylation is 1. The molecule has 3 atom stereocenters. The Labute approximate surface area is 194 Å². The van der Waals surface area contributed by atoms with Crippen LogP contribution in [0.25, 0.3) is 0 Å². The van der Waals surface area contributed by atoms with Gasteiger partial charge in [-0.3, -0.25) is 4.79 Å². The van der Waals surface area contributed by atoms with Gasteiger partial charge in [0.15, 0.2) is 17.6 Å². The molecular formula is C28H29NO4. The molecule has 1 amide bonds. The topological polar surface area (TPSA) is 48.0 Å². The standard InChI is InChI=1S/C28H29NO4/c1-31-24-15-19-13-14-23-26(22(19)16-25(24)32-2)21-12-8-7-11-20(21)17-29(23)28(30)27(33-3)18-9-5-4-6-10-18/h4-12,15-16,23,26-27H,13-14,17H2,1-3H3/t23?,26?,27-/m1/s1. The molecule has 0 fully saturated rings. The first-order valence-electron chi connectivity index (χ1n) is 11.4. The molecule has 33 heavy (non-hydrogen) atoms. The molecule has 0 radical (unpaired) electrons. The van der Waals surface area contributed by atoms with E-state index in [9.17, 15) is 4.79 Å². The van der Waals surface area contributed by atoms with Gasteiger partial charge in [0, 0.05) is 25.6 Å². The van der Waals surface area contributed by atoms with Crippen LogP contribution in [0.4, 0.5) is 0 Å². The Balaban J connectivity index is 1.60. The first-order chi connectivity index (χ1) is 16.2. The van der Waals surface area contributed by atoms with Crippen molar-refractivity contribution in [2.24, 2.45) is 0 Å². The fourth-order valence-corrected chi connectivity index (χ4v) is 5.51. The third kappa shape index (κ3) is 3.66. The van der Waals surface area contributed by atoms with Gasteiger partial charge < -0.3 is 19.1 Å². The first-order valence-corrected chi connectivity index (χ1v) is 11.4. The highest BCUT2D eigenvalue weighted by Gasteiger charge is 2.43. The van der Waals surface area contributed by atoms with Gasteiger partial charge in [-0.1, -0.05) is 54.6 Å². The molecule has 1 aliphatic carbocycles. The molecule has 3 aromatic carbocycles. The van der Waals surface area contributed by atoms with Gasteiger partial charge in [0.2, 0.25) is 0 Å². The van der Waals surface area contributed by atoms with E-state index in [4.69, 9.17) is 14.2 Å². The summed E-state index contributed by atoms with van der Waals surface area (Å²) in [6.45, 7) is 0.589. The minimum Gasteiger partial charge on any atom is -0.493 e. The number of fused-ring (bicyclic) bond motifs is 5. The summed E-state index contributed by atoms with van der Waals surface area (Å²) in [5.41, 5.74) is 5.81. The van der Waals surface area contributed by atoms with Crippen molar-refractivity contribution in [3.63, 3.8) is 0 Å². The molecule has 170 valence electrons. The van der Waals surface area contributed by atoms with E-state index in [1.54, 1.807) is 21.3 Å². The Morgan fingerprint density at radius 1 is 0.879 bits per heavy atom. The number of ether oxygens (including phenoxy) is 3. The highest BCUT2D eigenvalue weighted by Crippen LogP contribution is 2.47. The van der Waals surface area contributed by atoms with Gasteiger partial charge in [-0.25, -0.2) is 0 Å². The van der Waals surface area contributed by atoms with E-state index in [2.05, 4.69) is 30.3 Å². The molecular weight excluding hydrogens is 414 g/mol. The molecule has 0 N–H and O–H groups in total. The molecule has 2 unspecified atom stereocenters. The van der Waals surface area contributed by atoms with Crippen LogP contribution in [0.2, 0.25) is 0 Å². The van der Waals surface area contributed by atoms with Crippen LogP contribution in [0, 0.1) is 0 Å². The molecule has 0 aromatic heterocycles. The van der Waals surface area contributed by atoms with Crippen molar-refractivity contribution in [1.29, 1.82) is 0 Å². The Morgan fingerprint density at radius 2 is 1.58 bits per heavy atom. The maximum Gasteiger partial charge on any atom is 0.256 e. The summed E-state index contributed by atoms with van der Waals surface area (Å²) in [5, 5.41) is 0. The Kier molecular flexibility index (Phi) is 5.81. The van der Waals surface area contributed by atoms with Crippen LogP contribution in [0.15, 0.2) is 66.7 Å². The number of benzene rings is 3. The van der Waals surface area contributed by atoms with Crippen LogP contribution >= 0.6 is 0 Å². The highest BCUT2D eigenvalue weighted by atomic mass is 16.5. The zero-order chi connectivity index (χ0) is 22.9. The summed E-state index contributed by atoms with van der Waals surface area (Å²) in [6.07, 6.45) is 1.15. The average Bonchev–Trinajstić information content (AvgIpc) is 2.87. The van der Waals surface area contributed by atoms with Crippen LogP contribution < -0.4 is 9.47 Å². The van der Waals surface area contributed by atoms with E-state index in [0.717, 1.165) is 29.9 Å². The second-order valence-corrected chi connectivity index (χ2v) is 8.68. The van der Waals surface area contributed by atoms with Crippen LogP contribution in [0.5, 0.6) is 11.5 Å². The van der Waals surface area contributed by atoms with E-state index in [-0.39, 0.29) is 17.9 Å². The quantitative estimate of drug-likeness (QED) is 0.564. The predicted molar refractivity (Wildman–Crippen MR) is 127 cm³/mol. The van der Waals surface area contributed by atoms with Crippen LogP contribution in [-0.2, 0) is 22.5 Å². The summed E-state index contributed by atoms with van der Waals surface area (Å²) in [5.74, 6) is 1.56. The fourth-order valence-electron chi connectivity index (χ4n) is 5.51. The molecule has 2 aliphatic rings. The Hall–Kier alpha value is -3.31. The summed E-state index contributed by atoms with van der Waals surface area (Å²) in [4.78, 5) is 15.9. The maximum absolute atomic E-state index is 13.9. The van der Waals surface area contributed by atoms with Gasteiger partial charge in [-0.2, -0.15) is 0 Å². The van der Waals surface area contributed by atoms with E-state index in [1.165, 1.54) is 22.3 Å². The molecule has 1 heterocycles. The zero-order valence-corrected chi connectivity index (χ0v) is 19.3. The molecule has 0 spiro atoms. The molecule has 5 nitrogen and oxygen atoms in total. The normalized spacial score (nSPS) is 19.7. The summed E-state index contributed by atoms with van der Waals surface area (Å²) < 4.78 is 16.9. The van der Waals surface area contributed by atoms with Gasteiger partial charge >= 0.3 is 0 Å². The fraction of sp³-hybridized carbons (Fsp3) is 0.321. The van der Waals surface area contributed by atoms with Gasteiger partial charge in [-0.05, 0) is 52.8 Å². The lowest BCUT2D eigenvalue weighted by molar-refractivity contribution is -0.147. The largest absolute Gasteiger partial charge is 0.493 e. The number of hydrogen-bond acceptors (Lipinski definition) is 4. The van der Waals surface area contributed by atoms with E-state index in [0.29, 0.717) is 6.54 Å².